The Labute approximate surface area is 132 Å². The van der Waals surface area contributed by atoms with Gasteiger partial charge < -0.3 is 0 Å². The fraction of sp³-hybridized carbons (Fsp3) is 1.00. The summed E-state index contributed by atoms with van der Waals surface area (Å²) in [6.45, 7) is 4.59. The van der Waals surface area contributed by atoms with Crippen molar-refractivity contribution in [1.29, 1.82) is 0 Å². The fourth-order valence-electron chi connectivity index (χ4n) is 2.20. The summed E-state index contributed by atoms with van der Waals surface area (Å²) < 4.78 is 2.38. The molecule has 1 unspecified atom stereocenters. The molecule has 0 rings (SSSR count). The van der Waals surface area contributed by atoms with Crippen molar-refractivity contribution < 1.29 is 0 Å². The summed E-state index contributed by atoms with van der Waals surface area (Å²) in [7, 11) is 0. The van der Waals surface area contributed by atoms with Crippen LogP contribution in [0, 0.1) is 0 Å². The van der Waals surface area contributed by atoms with Gasteiger partial charge in [0.25, 0.3) is 0 Å². The van der Waals surface area contributed by atoms with Crippen molar-refractivity contribution >= 4 is 33.8 Å². The van der Waals surface area contributed by atoms with E-state index in [4.69, 9.17) is 12.6 Å². The van der Waals surface area contributed by atoms with Gasteiger partial charge in [-0.2, -0.15) is 0 Å². The molecule has 1 atom stereocenters. The number of thiol groups is 1. The van der Waals surface area contributed by atoms with E-state index < -0.39 is 0 Å². The van der Waals surface area contributed by atoms with Gasteiger partial charge in [0.2, 0.25) is 0 Å². The molecule has 0 aromatic heterocycles. The SMILES string of the molecule is CCCCCCCCCCC[CH](S)[Sn][CH2]CCC. The Morgan fingerprint density at radius 3 is 1.78 bits per heavy atom. The van der Waals surface area contributed by atoms with Crippen LogP contribution in [0.1, 0.15) is 90.9 Å². The second kappa shape index (κ2) is 16.2. The molecule has 0 N–H and O–H groups in total. The molecule has 0 heterocycles. The molecule has 0 aliphatic carbocycles. The van der Waals surface area contributed by atoms with E-state index in [1.54, 1.807) is 4.44 Å². The predicted molar refractivity (Wildman–Crippen MR) is 90.1 cm³/mol. The van der Waals surface area contributed by atoms with Gasteiger partial charge in [0.1, 0.15) is 0 Å². The van der Waals surface area contributed by atoms with E-state index >= 15 is 0 Å². The fourth-order valence-corrected chi connectivity index (χ4v) is 6.95. The van der Waals surface area contributed by atoms with Gasteiger partial charge in [-0.05, 0) is 0 Å². The van der Waals surface area contributed by atoms with Crippen molar-refractivity contribution in [1.82, 2.24) is 0 Å². The third-order valence-corrected chi connectivity index (χ3v) is 8.98. The minimum atomic E-state index is -0.132. The van der Waals surface area contributed by atoms with E-state index in [0.29, 0.717) is 0 Å². The molecule has 0 aliphatic rings. The summed E-state index contributed by atoms with van der Waals surface area (Å²) in [5.41, 5.74) is 0. The van der Waals surface area contributed by atoms with Crippen LogP contribution in [0.4, 0.5) is 0 Å². The average Bonchev–Trinajstić information content (AvgIpc) is 2.37. The van der Waals surface area contributed by atoms with Gasteiger partial charge in [-0.15, -0.1) is 0 Å². The summed E-state index contributed by atoms with van der Waals surface area (Å²) in [4.78, 5) is 0. The Balaban J connectivity index is 3.05. The molecule has 0 aliphatic heterocycles. The molecule has 2 heteroatoms. The predicted octanol–water partition coefficient (Wildman–Crippen LogP) is 6.09. The molecule has 0 saturated carbocycles. The maximum absolute atomic E-state index is 4.76. The summed E-state index contributed by atoms with van der Waals surface area (Å²) in [6, 6.07) is 0. The molecule has 18 heavy (non-hydrogen) atoms. The first kappa shape index (κ1) is 19.1. The van der Waals surface area contributed by atoms with Gasteiger partial charge in [0.05, 0.1) is 0 Å². The van der Waals surface area contributed by atoms with Crippen molar-refractivity contribution in [3.8, 4) is 0 Å². The van der Waals surface area contributed by atoms with Gasteiger partial charge in [0.15, 0.2) is 0 Å². The number of unbranched alkanes of at least 4 members (excludes halogenated alkanes) is 9. The van der Waals surface area contributed by atoms with Crippen LogP contribution in [0.25, 0.3) is 0 Å². The van der Waals surface area contributed by atoms with Gasteiger partial charge in [-0.1, -0.05) is 0 Å². The van der Waals surface area contributed by atoms with Gasteiger partial charge in [-0.25, -0.2) is 0 Å². The van der Waals surface area contributed by atoms with Crippen LogP contribution in [-0.4, -0.2) is 24.4 Å². The number of rotatable bonds is 14. The zero-order valence-corrected chi connectivity index (χ0v) is 16.5. The summed E-state index contributed by atoms with van der Waals surface area (Å²) in [5.74, 6) is 0. The molecule has 0 bridgehead atoms. The summed E-state index contributed by atoms with van der Waals surface area (Å²) in [5, 5.41) is 0. The van der Waals surface area contributed by atoms with Crippen LogP contribution in [0.15, 0.2) is 0 Å². The van der Waals surface area contributed by atoms with Crippen molar-refractivity contribution in [2.24, 2.45) is 0 Å². The van der Waals surface area contributed by atoms with Gasteiger partial charge in [0, 0.05) is 0 Å². The van der Waals surface area contributed by atoms with Crippen molar-refractivity contribution in [3.63, 3.8) is 0 Å². The maximum atomic E-state index is 4.76. The normalized spacial score (nSPS) is 12.8. The third-order valence-electron chi connectivity index (χ3n) is 3.49. The van der Waals surface area contributed by atoms with Crippen molar-refractivity contribution in [2.45, 2.75) is 98.6 Å². The van der Waals surface area contributed by atoms with Crippen molar-refractivity contribution in [3.05, 3.63) is 0 Å². The van der Waals surface area contributed by atoms with E-state index in [2.05, 4.69) is 13.8 Å². The molecule has 0 spiro atoms. The first-order chi connectivity index (χ1) is 8.81. The zero-order chi connectivity index (χ0) is 13.5. The minimum absolute atomic E-state index is 0.132. The quantitative estimate of drug-likeness (QED) is 0.212. The Hall–Kier alpha value is 1.15. The molecule has 0 aromatic rings. The number of hydrogen-bond acceptors (Lipinski definition) is 1. The average molecular weight is 377 g/mol. The zero-order valence-electron chi connectivity index (χ0n) is 12.7. The van der Waals surface area contributed by atoms with Gasteiger partial charge >= 0.3 is 132 Å². The standard InChI is InChI=1S/C12H25S.C4H9.Sn/c1-2-3-4-5-6-7-8-9-10-11-12-13;1-3-4-2;/h12-13H,2-11H2,1H3;1,3-4H2,2H3;. The van der Waals surface area contributed by atoms with Crippen molar-refractivity contribution in [2.75, 3.05) is 0 Å². The third kappa shape index (κ3) is 15.2. The monoisotopic (exact) mass is 378 g/mol. The van der Waals surface area contributed by atoms with E-state index in [-0.39, 0.29) is 21.1 Å². The molecule has 0 nitrogen and oxygen atoms in total. The first-order valence-corrected chi connectivity index (χ1v) is 12.4. The van der Waals surface area contributed by atoms with E-state index in [1.807, 2.05) is 0 Å². The van der Waals surface area contributed by atoms with E-state index in [9.17, 15) is 0 Å². The molecule has 2 radical (unpaired) electrons. The molecular weight excluding hydrogens is 343 g/mol. The summed E-state index contributed by atoms with van der Waals surface area (Å²) in [6.07, 6.45) is 17.3. The second-order valence-corrected chi connectivity index (χ2v) is 12.0. The van der Waals surface area contributed by atoms with Crippen LogP contribution in [0.2, 0.25) is 4.44 Å². The number of hydrogen-bond donors (Lipinski definition) is 1. The van der Waals surface area contributed by atoms with Crippen LogP contribution < -0.4 is 0 Å². The molecular formula is C16H34SSn. The topological polar surface area (TPSA) is 0 Å². The first-order valence-electron chi connectivity index (χ1n) is 8.22. The Morgan fingerprint density at radius 1 is 0.722 bits per heavy atom. The summed E-state index contributed by atoms with van der Waals surface area (Å²) >= 11 is 4.63. The van der Waals surface area contributed by atoms with Crippen LogP contribution in [0.5, 0.6) is 0 Å². The molecule has 0 fully saturated rings. The van der Waals surface area contributed by atoms with Crippen LogP contribution in [0.3, 0.4) is 0 Å². The Kier molecular flexibility index (Phi) is 17.2. The second-order valence-electron chi connectivity index (χ2n) is 5.44. The molecule has 108 valence electrons. The van der Waals surface area contributed by atoms with Crippen LogP contribution >= 0.6 is 12.6 Å². The van der Waals surface area contributed by atoms with Gasteiger partial charge in [-0.3, -0.25) is 0 Å². The molecule has 0 amide bonds. The van der Waals surface area contributed by atoms with E-state index in [0.717, 1.165) is 3.27 Å². The van der Waals surface area contributed by atoms with Crippen LogP contribution in [-0.2, 0) is 0 Å². The Morgan fingerprint density at radius 2 is 1.22 bits per heavy atom. The molecule has 0 saturated heterocycles. The molecule has 0 aromatic carbocycles. The van der Waals surface area contributed by atoms with E-state index in [1.165, 1.54) is 77.0 Å². The Bertz CT molecular complexity index is 150.